The standard InChI is InChI=1S/C12H12N4O3/c1-15-10(17)8(11(18)16(2)12(15)19)7-14-9-5-3-4-6-13-9/h3-7,17H,1-2H3/b14-7+. The largest absolute Gasteiger partial charge is 0.494 e. The molecule has 0 saturated carbocycles. The first-order valence-corrected chi connectivity index (χ1v) is 5.46. The Kier molecular flexibility index (Phi) is 3.28. The highest BCUT2D eigenvalue weighted by atomic mass is 16.3. The van der Waals surface area contributed by atoms with E-state index in [9.17, 15) is 14.7 Å². The second kappa shape index (κ2) is 4.89. The third kappa shape index (κ3) is 2.30. The lowest BCUT2D eigenvalue weighted by Gasteiger charge is -2.06. The van der Waals surface area contributed by atoms with E-state index in [1.54, 1.807) is 24.4 Å². The third-order valence-electron chi connectivity index (χ3n) is 2.64. The molecule has 0 unspecified atom stereocenters. The second-order valence-corrected chi connectivity index (χ2v) is 3.89. The van der Waals surface area contributed by atoms with Gasteiger partial charge in [0.2, 0.25) is 5.88 Å². The quantitative estimate of drug-likeness (QED) is 0.766. The Morgan fingerprint density at radius 3 is 2.63 bits per heavy atom. The Hall–Kier alpha value is -2.70. The maximum Gasteiger partial charge on any atom is 0.333 e. The molecular formula is C12H12N4O3. The topological polar surface area (TPSA) is 89.5 Å². The monoisotopic (exact) mass is 260 g/mol. The maximum absolute atomic E-state index is 11.9. The van der Waals surface area contributed by atoms with Gasteiger partial charge in [0.1, 0.15) is 5.56 Å². The van der Waals surface area contributed by atoms with Gasteiger partial charge in [-0.1, -0.05) is 6.07 Å². The lowest BCUT2D eigenvalue weighted by atomic mass is 10.3. The van der Waals surface area contributed by atoms with Crippen LogP contribution in [0.25, 0.3) is 0 Å². The molecule has 0 aromatic carbocycles. The van der Waals surface area contributed by atoms with Crippen LogP contribution in [0.3, 0.4) is 0 Å². The summed E-state index contributed by atoms with van der Waals surface area (Å²) in [7, 11) is 2.71. The van der Waals surface area contributed by atoms with Crippen LogP contribution in [0.2, 0.25) is 0 Å². The molecule has 2 heterocycles. The molecule has 0 fully saturated rings. The predicted molar refractivity (Wildman–Crippen MR) is 70.1 cm³/mol. The SMILES string of the molecule is Cn1c(O)c(/C=N/c2ccccn2)c(=O)n(C)c1=O. The molecule has 0 spiro atoms. The Morgan fingerprint density at radius 1 is 1.26 bits per heavy atom. The van der Waals surface area contributed by atoms with E-state index in [0.717, 1.165) is 9.13 Å². The van der Waals surface area contributed by atoms with Gasteiger partial charge in [-0.2, -0.15) is 0 Å². The zero-order valence-corrected chi connectivity index (χ0v) is 10.4. The van der Waals surface area contributed by atoms with Gasteiger partial charge in [-0.05, 0) is 12.1 Å². The Balaban J connectivity index is 2.56. The van der Waals surface area contributed by atoms with E-state index in [2.05, 4.69) is 9.98 Å². The van der Waals surface area contributed by atoms with Crippen LogP contribution < -0.4 is 11.2 Å². The lowest BCUT2D eigenvalue weighted by Crippen LogP contribution is -2.38. The first-order valence-electron chi connectivity index (χ1n) is 5.46. The number of hydrogen-bond donors (Lipinski definition) is 1. The molecule has 0 aliphatic heterocycles. The summed E-state index contributed by atoms with van der Waals surface area (Å²) in [6, 6.07) is 5.14. The minimum absolute atomic E-state index is 0.0600. The highest BCUT2D eigenvalue weighted by Gasteiger charge is 2.12. The van der Waals surface area contributed by atoms with E-state index < -0.39 is 17.1 Å². The van der Waals surface area contributed by atoms with Crippen LogP contribution in [0.1, 0.15) is 5.56 Å². The number of aromatic nitrogens is 3. The molecule has 2 rings (SSSR count). The Morgan fingerprint density at radius 2 is 2.00 bits per heavy atom. The molecule has 0 bridgehead atoms. The van der Waals surface area contributed by atoms with Gasteiger partial charge in [0.25, 0.3) is 5.56 Å². The lowest BCUT2D eigenvalue weighted by molar-refractivity contribution is 0.410. The number of pyridine rings is 1. The molecule has 0 atom stereocenters. The maximum atomic E-state index is 11.9. The van der Waals surface area contributed by atoms with Crippen LogP contribution >= 0.6 is 0 Å². The average Bonchev–Trinajstić information content (AvgIpc) is 2.44. The predicted octanol–water partition coefficient (Wildman–Crippen LogP) is -0.0648. The fraction of sp³-hybridized carbons (Fsp3) is 0.167. The zero-order valence-electron chi connectivity index (χ0n) is 10.4. The van der Waals surface area contributed by atoms with Gasteiger partial charge in [0.05, 0.1) is 0 Å². The molecule has 2 aromatic rings. The van der Waals surface area contributed by atoms with Crippen molar-refractivity contribution in [2.75, 3.05) is 0 Å². The molecule has 7 heteroatoms. The van der Waals surface area contributed by atoms with E-state index >= 15 is 0 Å². The highest BCUT2D eigenvalue weighted by Crippen LogP contribution is 2.09. The summed E-state index contributed by atoms with van der Waals surface area (Å²) in [5.74, 6) is -0.0226. The molecular weight excluding hydrogens is 248 g/mol. The number of hydrogen-bond acceptors (Lipinski definition) is 5. The van der Waals surface area contributed by atoms with Gasteiger partial charge in [0, 0.05) is 26.5 Å². The fourth-order valence-corrected chi connectivity index (χ4v) is 1.53. The summed E-state index contributed by atoms with van der Waals surface area (Å²) in [6.07, 6.45) is 2.75. The second-order valence-electron chi connectivity index (χ2n) is 3.89. The minimum atomic E-state index is -0.611. The molecule has 98 valence electrons. The van der Waals surface area contributed by atoms with Gasteiger partial charge >= 0.3 is 5.69 Å². The number of aliphatic imine (C=N–C) groups is 1. The Bertz CT molecular complexity index is 744. The molecule has 0 radical (unpaired) electrons. The van der Waals surface area contributed by atoms with Crippen LogP contribution in [0, 0.1) is 0 Å². The van der Waals surface area contributed by atoms with Crippen molar-refractivity contribution in [1.29, 1.82) is 0 Å². The van der Waals surface area contributed by atoms with Crippen molar-refractivity contribution in [3.8, 4) is 5.88 Å². The molecule has 0 aliphatic rings. The third-order valence-corrected chi connectivity index (χ3v) is 2.64. The van der Waals surface area contributed by atoms with Crippen molar-refractivity contribution >= 4 is 12.0 Å². The average molecular weight is 260 g/mol. The number of rotatable bonds is 2. The van der Waals surface area contributed by atoms with Crippen LogP contribution in [-0.4, -0.2) is 25.4 Å². The van der Waals surface area contributed by atoms with Crippen molar-refractivity contribution in [1.82, 2.24) is 14.1 Å². The first-order chi connectivity index (χ1) is 9.02. The van der Waals surface area contributed by atoms with Crippen molar-refractivity contribution < 1.29 is 5.11 Å². The number of nitrogens with zero attached hydrogens (tertiary/aromatic N) is 4. The van der Waals surface area contributed by atoms with Crippen LogP contribution in [-0.2, 0) is 14.1 Å². The summed E-state index contributed by atoms with van der Waals surface area (Å²) in [5, 5.41) is 9.80. The van der Waals surface area contributed by atoms with Gasteiger partial charge < -0.3 is 5.11 Å². The molecule has 0 aliphatic carbocycles. The van der Waals surface area contributed by atoms with Gasteiger partial charge in [-0.3, -0.25) is 13.9 Å². The summed E-state index contributed by atoms with van der Waals surface area (Å²) in [4.78, 5) is 31.4. The summed E-state index contributed by atoms with van der Waals surface area (Å²) >= 11 is 0. The van der Waals surface area contributed by atoms with E-state index in [-0.39, 0.29) is 5.56 Å². The minimum Gasteiger partial charge on any atom is -0.494 e. The normalized spacial score (nSPS) is 11.1. The van der Waals surface area contributed by atoms with Crippen molar-refractivity contribution in [3.05, 3.63) is 50.8 Å². The van der Waals surface area contributed by atoms with Crippen molar-refractivity contribution in [2.24, 2.45) is 19.1 Å². The summed E-state index contributed by atoms with van der Waals surface area (Å²) in [5.41, 5.74) is -1.27. The Labute approximate surface area is 108 Å². The van der Waals surface area contributed by atoms with E-state index in [0.29, 0.717) is 5.82 Å². The zero-order chi connectivity index (χ0) is 14.0. The first kappa shape index (κ1) is 12.7. The molecule has 7 nitrogen and oxygen atoms in total. The smallest absolute Gasteiger partial charge is 0.333 e. The molecule has 0 saturated heterocycles. The molecule has 0 amide bonds. The van der Waals surface area contributed by atoms with Crippen molar-refractivity contribution in [3.63, 3.8) is 0 Å². The van der Waals surface area contributed by atoms with Crippen molar-refractivity contribution in [2.45, 2.75) is 0 Å². The fourth-order valence-electron chi connectivity index (χ4n) is 1.53. The van der Waals surface area contributed by atoms with Crippen LogP contribution in [0.15, 0.2) is 39.0 Å². The highest BCUT2D eigenvalue weighted by molar-refractivity contribution is 5.83. The molecule has 2 aromatic heterocycles. The van der Waals surface area contributed by atoms with Crippen LogP contribution in [0.5, 0.6) is 5.88 Å². The molecule has 19 heavy (non-hydrogen) atoms. The van der Waals surface area contributed by atoms with Gasteiger partial charge in [-0.25, -0.2) is 14.8 Å². The summed E-state index contributed by atoms with van der Waals surface area (Å²) < 4.78 is 1.88. The van der Waals surface area contributed by atoms with Gasteiger partial charge in [-0.15, -0.1) is 0 Å². The number of aromatic hydroxyl groups is 1. The van der Waals surface area contributed by atoms with Gasteiger partial charge in [0.15, 0.2) is 5.82 Å². The van der Waals surface area contributed by atoms with E-state index in [4.69, 9.17) is 0 Å². The van der Waals surface area contributed by atoms with Crippen LogP contribution in [0.4, 0.5) is 5.82 Å². The van der Waals surface area contributed by atoms with E-state index in [1.807, 2.05) is 0 Å². The molecule has 1 N–H and O–H groups in total. The van der Waals surface area contributed by atoms with E-state index in [1.165, 1.54) is 20.3 Å². The summed E-state index contributed by atoms with van der Waals surface area (Å²) in [6.45, 7) is 0.